The molecule has 0 aliphatic carbocycles. The minimum atomic E-state index is -0.373. The summed E-state index contributed by atoms with van der Waals surface area (Å²) in [5, 5.41) is 32.0. The second-order valence-electron chi connectivity index (χ2n) is 6.76. The number of carbonyl (C=O) groups is 1. The number of unbranched alkanes of at least 4 members (excludes halogenated alkanes) is 1. The number of phenols is 2. The van der Waals surface area contributed by atoms with Crippen LogP contribution in [0, 0.1) is 0 Å². The molecule has 1 amide bonds. The fourth-order valence-electron chi connectivity index (χ4n) is 2.66. The molecule has 1 aromatic rings. The van der Waals surface area contributed by atoms with Crippen molar-refractivity contribution >= 4 is 5.91 Å². The molecule has 0 aliphatic heterocycles. The fraction of sp³-hybridized carbons (Fsp3) is 0.650. The lowest BCUT2D eigenvalue weighted by atomic mass is 10.1. The van der Waals surface area contributed by atoms with Crippen LogP contribution >= 0.6 is 0 Å². The summed E-state index contributed by atoms with van der Waals surface area (Å²) in [5.74, 6) is -0.545. The number of aromatic hydroxyl groups is 2. The van der Waals surface area contributed by atoms with Gasteiger partial charge in [-0.1, -0.05) is 0 Å². The summed E-state index contributed by atoms with van der Waals surface area (Å²) in [7, 11) is 0. The SMILES string of the molecule is NCCCNCCCNCCCNCCCCNC(=O)c1cc(O)ccc1O. The summed E-state index contributed by atoms with van der Waals surface area (Å²) in [4.78, 5) is 12.0. The van der Waals surface area contributed by atoms with E-state index in [4.69, 9.17) is 5.73 Å². The van der Waals surface area contributed by atoms with Crippen molar-refractivity contribution in [2.45, 2.75) is 32.1 Å². The fourth-order valence-corrected chi connectivity index (χ4v) is 2.66. The molecule has 0 saturated heterocycles. The first-order valence-electron chi connectivity index (χ1n) is 10.3. The molecule has 0 aromatic heterocycles. The first-order chi connectivity index (χ1) is 13.6. The van der Waals surface area contributed by atoms with Crippen molar-refractivity contribution in [2.75, 3.05) is 52.4 Å². The maximum Gasteiger partial charge on any atom is 0.255 e. The Hall–Kier alpha value is -1.87. The highest BCUT2D eigenvalue weighted by molar-refractivity contribution is 5.97. The quantitative estimate of drug-likeness (QED) is 0.151. The number of carbonyl (C=O) groups excluding carboxylic acids is 1. The number of nitrogens with two attached hydrogens (primary N) is 1. The van der Waals surface area contributed by atoms with E-state index < -0.39 is 0 Å². The number of hydrogen-bond acceptors (Lipinski definition) is 7. The van der Waals surface area contributed by atoms with Crippen LogP contribution in [0.5, 0.6) is 11.5 Å². The van der Waals surface area contributed by atoms with Crippen LogP contribution in [0.1, 0.15) is 42.5 Å². The molecule has 8 heteroatoms. The summed E-state index contributed by atoms with van der Waals surface area (Å²) in [6.45, 7) is 7.26. The Labute approximate surface area is 168 Å². The Morgan fingerprint density at radius 1 is 0.786 bits per heavy atom. The van der Waals surface area contributed by atoms with E-state index in [1.165, 1.54) is 18.2 Å². The van der Waals surface area contributed by atoms with E-state index in [0.29, 0.717) is 6.54 Å². The Kier molecular flexibility index (Phi) is 13.9. The van der Waals surface area contributed by atoms with Gasteiger partial charge in [0.15, 0.2) is 0 Å². The van der Waals surface area contributed by atoms with Crippen LogP contribution in [0.3, 0.4) is 0 Å². The van der Waals surface area contributed by atoms with Gasteiger partial charge in [-0.3, -0.25) is 4.79 Å². The molecule has 1 aromatic carbocycles. The van der Waals surface area contributed by atoms with Gasteiger partial charge in [0.1, 0.15) is 11.5 Å². The van der Waals surface area contributed by atoms with E-state index in [-0.39, 0.29) is 23.0 Å². The Balaban J connectivity index is 1.87. The van der Waals surface area contributed by atoms with Gasteiger partial charge in [-0.25, -0.2) is 0 Å². The van der Waals surface area contributed by atoms with Crippen molar-refractivity contribution in [1.82, 2.24) is 21.3 Å². The molecule has 160 valence electrons. The third-order valence-corrected chi connectivity index (χ3v) is 4.26. The van der Waals surface area contributed by atoms with E-state index in [2.05, 4.69) is 21.3 Å². The molecule has 0 heterocycles. The maximum atomic E-state index is 12.0. The molecule has 0 bridgehead atoms. The van der Waals surface area contributed by atoms with Gasteiger partial charge in [-0.15, -0.1) is 0 Å². The first-order valence-corrected chi connectivity index (χ1v) is 10.3. The number of benzene rings is 1. The van der Waals surface area contributed by atoms with Gasteiger partial charge < -0.3 is 37.2 Å². The lowest BCUT2D eigenvalue weighted by molar-refractivity contribution is 0.0950. The standard InChI is InChI=1S/C20H37N5O3/c21-8-3-10-23-12-5-14-24-13-4-11-22-9-1-2-15-25-20(28)18-16-17(26)6-7-19(18)27/h6-7,16,22-24,26-27H,1-5,8-15,21H2,(H,25,28). The van der Waals surface area contributed by atoms with Crippen molar-refractivity contribution in [2.24, 2.45) is 5.73 Å². The van der Waals surface area contributed by atoms with E-state index in [1.54, 1.807) is 0 Å². The van der Waals surface area contributed by atoms with Gasteiger partial charge in [0, 0.05) is 6.54 Å². The van der Waals surface area contributed by atoms with E-state index in [1.807, 2.05) is 0 Å². The van der Waals surface area contributed by atoms with E-state index in [0.717, 1.165) is 77.9 Å². The van der Waals surface area contributed by atoms with E-state index in [9.17, 15) is 15.0 Å². The lowest BCUT2D eigenvalue weighted by Crippen LogP contribution is -2.27. The predicted octanol–water partition coefficient (Wildman–Crippen LogP) is 0.506. The Morgan fingerprint density at radius 3 is 1.93 bits per heavy atom. The highest BCUT2D eigenvalue weighted by atomic mass is 16.3. The van der Waals surface area contributed by atoms with Crippen LogP contribution in [-0.4, -0.2) is 68.5 Å². The molecule has 0 spiro atoms. The molecule has 0 atom stereocenters. The third-order valence-electron chi connectivity index (χ3n) is 4.26. The number of hydrogen-bond donors (Lipinski definition) is 7. The molecule has 8 nitrogen and oxygen atoms in total. The van der Waals surface area contributed by atoms with Crippen LogP contribution in [-0.2, 0) is 0 Å². The normalized spacial score (nSPS) is 10.9. The molecule has 0 radical (unpaired) electrons. The summed E-state index contributed by atoms with van der Waals surface area (Å²) in [6, 6.07) is 3.91. The minimum Gasteiger partial charge on any atom is -0.508 e. The Bertz CT molecular complexity index is 543. The Morgan fingerprint density at radius 2 is 1.32 bits per heavy atom. The van der Waals surface area contributed by atoms with Crippen molar-refractivity contribution < 1.29 is 15.0 Å². The van der Waals surface area contributed by atoms with Gasteiger partial charge >= 0.3 is 0 Å². The predicted molar refractivity (Wildman–Crippen MR) is 113 cm³/mol. The van der Waals surface area contributed by atoms with Crippen LogP contribution in [0.25, 0.3) is 0 Å². The molecule has 0 aliphatic rings. The number of rotatable bonds is 17. The van der Waals surface area contributed by atoms with Crippen molar-refractivity contribution in [1.29, 1.82) is 0 Å². The van der Waals surface area contributed by atoms with Crippen LogP contribution in [0.15, 0.2) is 18.2 Å². The third kappa shape index (κ3) is 11.8. The molecule has 8 N–H and O–H groups in total. The highest BCUT2D eigenvalue weighted by Gasteiger charge is 2.11. The zero-order valence-electron chi connectivity index (χ0n) is 16.8. The zero-order valence-corrected chi connectivity index (χ0v) is 16.8. The van der Waals surface area contributed by atoms with Gasteiger partial charge in [0.2, 0.25) is 0 Å². The molecule has 28 heavy (non-hydrogen) atoms. The van der Waals surface area contributed by atoms with Crippen molar-refractivity contribution in [3.05, 3.63) is 23.8 Å². The van der Waals surface area contributed by atoms with Crippen LogP contribution < -0.4 is 27.0 Å². The number of phenolic OH excluding ortho intramolecular Hbond substituents is 2. The molecular weight excluding hydrogens is 358 g/mol. The largest absolute Gasteiger partial charge is 0.508 e. The highest BCUT2D eigenvalue weighted by Crippen LogP contribution is 2.21. The summed E-state index contributed by atoms with van der Waals surface area (Å²) < 4.78 is 0. The first kappa shape index (κ1) is 24.2. The van der Waals surface area contributed by atoms with Crippen LogP contribution in [0.4, 0.5) is 0 Å². The topological polar surface area (TPSA) is 132 Å². The molecule has 0 unspecified atom stereocenters. The van der Waals surface area contributed by atoms with Crippen molar-refractivity contribution in [3.8, 4) is 11.5 Å². The second kappa shape index (κ2) is 16.1. The summed E-state index contributed by atoms with van der Waals surface area (Å²) in [5.41, 5.74) is 5.53. The minimum absolute atomic E-state index is 0.0409. The zero-order chi connectivity index (χ0) is 20.5. The summed E-state index contributed by atoms with van der Waals surface area (Å²) >= 11 is 0. The maximum absolute atomic E-state index is 12.0. The van der Waals surface area contributed by atoms with Gasteiger partial charge in [0.05, 0.1) is 5.56 Å². The van der Waals surface area contributed by atoms with Gasteiger partial charge in [-0.2, -0.15) is 0 Å². The average molecular weight is 396 g/mol. The average Bonchev–Trinajstić information content (AvgIpc) is 2.69. The number of nitrogens with one attached hydrogen (secondary N) is 4. The molecular formula is C20H37N5O3. The summed E-state index contributed by atoms with van der Waals surface area (Å²) in [6.07, 6.45) is 5.08. The van der Waals surface area contributed by atoms with Crippen LogP contribution in [0.2, 0.25) is 0 Å². The monoisotopic (exact) mass is 395 g/mol. The molecule has 0 saturated carbocycles. The molecule has 1 rings (SSSR count). The lowest BCUT2D eigenvalue weighted by Gasteiger charge is -2.08. The molecule has 0 fully saturated rings. The van der Waals surface area contributed by atoms with Gasteiger partial charge in [-0.05, 0) is 96.1 Å². The van der Waals surface area contributed by atoms with E-state index >= 15 is 0 Å². The second-order valence-corrected chi connectivity index (χ2v) is 6.76. The van der Waals surface area contributed by atoms with Crippen molar-refractivity contribution in [3.63, 3.8) is 0 Å². The smallest absolute Gasteiger partial charge is 0.255 e. The number of amides is 1. The van der Waals surface area contributed by atoms with Gasteiger partial charge in [0.25, 0.3) is 5.91 Å².